The second-order valence-electron chi connectivity index (χ2n) is 7.58. The molecule has 1 N–H and O–H groups in total. The second kappa shape index (κ2) is 12.9. The number of sulfonamides is 1. The number of rotatable bonds is 7. The molecule has 0 saturated carbocycles. The standard InChI is InChI=1S/C18H35N5O3S2.HI/c1-2-19-18(20-4-14-28(24,25)23-8-12-27-13-9-23)22-5-3-17(16-22)15-21-6-10-26-11-7-21;/h17H,2-16H2,1H3,(H,19,20);1H. The van der Waals surface area contributed by atoms with E-state index in [-0.39, 0.29) is 29.7 Å². The molecule has 0 aliphatic carbocycles. The number of likely N-dealkylation sites (tertiary alicyclic amines) is 1. The maximum absolute atomic E-state index is 12.5. The van der Waals surface area contributed by atoms with E-state index in [1.807, 2.05) is 11.8 Å². The zero-order valence-corrected chi connectivity index (χ0v) is 21.4. The van der Waals surface area contributed by atoms with Crippen LogP contribution < -0.4 is 5.32 Å². The molecule has 0 aromatic carbocycles. The van der Waals surface area contributed by atoms with Gasteiger partial charge in [0.1, 0.15) is 0 Å². The van der Waals surface area contributed by atoms with E-state index in [4.69, 9.17) is 4.74 Å². The minimum Gasteiger partial charge on any atom is -0.379 e. The van der Waals surface area contributed by atoms with Crippen molar-refractivity contribution in [2.75, 3.05) is 89.4 Å². The highest BCUT2D eigenvalue weighted by atomic mass is 127. The first kappa shape index (κ1) is 25.4. The molecular formula is C18H36IN5O3S2. The van der Waals surface area contributed by atoms with Crippen LogP contribution in [0.25, 0.3) is 0 Å². The zero-order valence-electron chi connectivity index (χ0n) is 17.4. The molecule has 0 spiro atoms. The first-order valence-corrected chi connectivity index (χ1v) is 13.2. The Balaban J connectivity index is 0.00000300. The molecule has 170 valence electrons. The minimum atomic E-state index is -3.20. The van der Waals surface area contributed by atoms with Crippen molar-refractivity contribution in [1.29, 1.82) is 0 Å². The van der Waals surface area contributed by atoms with Crippen molar-refractivity contribution in [3.63, 3.8) is 0 Å². The number of hydrogen-bond acceptors (Lipinski definition) is 6. The van der Waals surface area contributed by atoms with Gasteiger partial charge in [-0.3, -0.25) is 9.89 Å². The van der Waals surface area contributed by atoms with Crippen LogP contribution in [-0.2, 0) is 14.8 Å². The van der Waals surface area contributed by atoms with E-state index in [0.29, 0.717) is 25.6 Å². The van der Waals surface area contributed by atoms with E-state index in [1.54, 1.807) is 4.31 Å². The Bertz CT molecular complexity index is 611. The summed E-state index contributed by atoms with van der Waals surface area (Å²) in [4.78, 5) is 9.43. The summed E-state index contributed by atoms with van der Waals surface area (Å²) in [5.41, 5.74) is 0. The van der Waals surface area contributed by atoms with E-state index < -0.39 is 10.0 Å². The molecule has 3 saturated heterocycles. The Hall–Kier alpha value is 0.180. The highest BCUT2D eigenvalue weighted by Crippen LogP contribution is 2.18. The lowest BCUT2D eigenvalue weighted by Gasteiger charge is -2.29. The van der Waals surface area contributed by atoms with Crippen molar-refractivity contribution in [3.8, 4) is 0 Å². The van der Waals surface area contributed by atoms with Gasteiger partial charge in [0.2, 0.25) is 10.0 Å². The van der Waals surface area contributed by atoms with E-state index in [2.05, 4.69) is 27.0 Å². The number of aliphatic imine (C=N–C) groups is 1. The van der Waals surface area contributed by atoms with Crippen LogP contribution in [0.4, 0.5) is 0 Å². The van der Waals surface area contributed by atoms with Crippen LogP contribution in [0.2, 0.25) is 0 Å². The van der Waals surface area contributed by atoms with Crippen molar-refractivity contribution in [2.45, 2.75) is 13.3 Å². The first-order valence-electron chi connectivity index (χ1n) is 10.5. The van der Waals surface area contributed by atoms with Gasteiger partial charge in [-0.25, -0.2) is 12.7 Å². The van der Waals surface area contributed by atoms with Crippen molar-refractivity contribution in [3.05, 3.63) is 0 Å². The molecule has 11 heteroatoms. The maximum Gasteiger partial charge on any atom is 0.215 e. The zero-order chi connectivity index (χ0) is 19.8. The third kappa shape index (κ3) is 7.99. The lowest BCUT2D eigenvalue weighted by molar-refractivity contribution is 0.0315. The third-order valence-electron chi connectivity index (χ3n) is 5.51. The predicted octanol–water partition coefficient (Wildman–Crippen LogP) is 0.603. The average Bonchev–Trinajstić information content (AvgIpc) is 3.17. The van der Waals surface area contributed by atoms with E-state index in [9.17, 15) is 8.42 Å². The van der Waals surface area contributed by atoms with Crippen LogP contribution in [0, 0.1) is 5.92 Å². The summed E-state index contributed by atoms with van der Waals surface area (Å²) in [7, 11) is -3.20. The second-order valence-corrected chi connectivity index (χ2v) is 10.9. The number of ether oxygens (including phenoxy) is 1. The predicted molar refractivity (Wildman–Crippen MR) is 131 cm³/mol. The summed E-state index contributed by atoms with van der Waals surface area (Å²) in [6.07, 6.45) is 1.16. The number of nitrogens with zero attached hydrogens (tertiary/aromatic N) is 4. The Morgan fingerprint density at radius 2 is 1.90 bits per heavy atom. The Morgan fingerprint density at radius 3 is 2.59 bits per heavy atom. The number of guanidine groups is 1. The summed E-state index contributed by atoms with van der Waals surface area (Å²) in [6.45, 7) is 11.2. The summed E-state index contributed by atoms with van der Waals surface area (Å²) in [5.74, 6) is 3.37. The fourth-order valence-electron chi connectivity index (χ4n) is 3.97. The monoisotopic (exact) mass is 561 g/mol. The molecule has 1 atom stereocenters. The van der Waals surface area contributed by atoms with Crippen molar-refractivity contribution in [1.82, 2.24) is 19.4 Å². The number of hydrogen-bond donors (Lipinski definition) is 1. The molecule has 3 heterocycles. The Labute approximate surface area is 197 Å². The van der Waals surface area contributed by atoms with Crippen LogP contribution in [-0.4, -0.2) is 118 Å². The van der Waals surface area contributed by atoms with Gasteiger partial charge in [-0.1, -0.05) is 0 Å². The van der Waals surface area contributed by atoms with Crippen LogP contribution in [0.5, 0.6) is 0 Å². The maximum atomic E-state index is 12.5. The fourth-order valence-corrected chi connectivity index (χ4v) is 6.42. The van der Waals surface area contributed by atoms with Gasteiger partial charge in [0.25, 0.3) is 0 Å². The molecule has 3 fully saturated rings. The van der Waals surface area contributed by atoms with Crippen LogP contribution in [0.3, 0.4) is 0 Å². The minimum absolute atomic E-state index is 0. The smallest absolute Gasteiger partial charge is 0.215 e. The lowest BCUT2D eigenvalue weighted by Crippen LogP contribution is -2.43. The van der Waals surface area contributed by atoms with Crippen LogP contribution in [0.15, 0.2) is 4.99 Å². The van der Waals surface area contributed by atoms with Gasteiger partial charge in [0.15, 0.2) is 5.96 Å². The van der Waals surface area contributed by atoms with Crippen molar-refractivity contribution < 1.29 is 13.2 Å². The van der Waals surface area contributed by atoms with Crippen molar-refractivity contribution >= 4 is 51.7 Å². The number of halogens is 1. The van der Waals surface area contributed by atoms with Gasteiger partial charge in [-0.05, 0) is 19.3 Å². The molecule has 0 bridgehead atoms. The fraction of sp³-hybridized carbons (Fsp3) is 0.944. The quantitative estimate of drug-likeness (QED) is 0.277. The lowest BCUT2D eigenvalue weighted by atomic mass is 10.1. The van der Waals surface area contributed by atoms with Gasteiger partial charge < -0.3 is 15.0 Å². The number of thioether (sulfide) groups is 1. The number of morpholine rings is 1. The van der Waals surface area contributed by atoms with Gasteiger partial charge in [-0.15, -0.1) is 24.0 Å². The molecule has 0 radical (unpaired) electrons. The Morgan fingerprint density at radius 1 is 1.17 bits per heavy atom. The molecule has 1 unspecified atom stereocenters. The first-order chi connectivity index (χ1) is 13.6. The molecule has 29 heavy (non-hydrogen) atoms. The normalized spacial score (nSPS) is 25.1. The highest BCUT2D eigenvalue weighted by molar-refractivity contribution is 14.0. The van der Waals surface area contributed by atoms with E-state index >= 15 is 0 Å². The van der Waals surface area contributed by atoms with Crippen molar-refractivity contribution in [2.24, 2.45) is 10.9 Å². The van der Waals surface area contributed by atoms with Gasteiger partial charge >= 0.3 is 0 Å². The van der Waals surface area contributed by atoms with E-state index in [0.717, 1.165) is 76.4 Å². The SMILES string of the molecule is CCNC(=NCCS(=O)(=O)N1CCSCC1)N1CCC(CN2CCOCC2)C1.I. The summed E-state index contributed by atoms with van der Waals surface area (Å²) in [5, 5.41) is 3.35. The molecule has 3 aliphatic rings. The molecular weight excluding hydrogens is 525 g/mol. The molecule has 0 amide bonds. The van der Waals surface area contributed by atoms with Gasteiger partial charge in [0.05, 0.1) is 25.5 Å². The van der Waals surface area contributed by atoms with E-state index in [1.165, 1.54) is 0 Å². The molecule has 0 aromatic rings. The van der Waals surface area contributed by atoms with Crippen LogP contribution in [0.1, 0.15) is 13.3 Å². The van der Waals surface area contributed by atoms with Crippen LogP contribution >= 0.6 is 35.7 Å². The largest absolute Gasteiger partial charge is 0.379 e. The third-order valence-corrected chi connectivity index (χ3v) is 8.31. The molecule has 3 rings (SSSR count). The summed E-state index contributed by atoms with van der Waals surface area (Å²) in [6, 6.07) is 0. The molecule has 8 nitrogen and oxygen atoms in total. The average molecular weight is 562 g/mol. The van der Waals surface area contributed by atoms with Gasteiger partial charge in [-0.2, -0.15) is 11.8 Å². The topological polar surface area (TPSA) is 77.5 Å². The molecule has 3 aliphatic heterocycles. The van der Waals surface area contributed by atoms with Gasteiger partial charge in [0, 0.05) is 63.9 Å². The molecule has 0 aromatic heterocycles. The Kier molecular flexibility index (Phi) is 11.3. The highest BCUT2D eigenvalue weighted by Gasteiger charge is 2.28. The summed E-state index contributed by atoms with van der Waals surface area (Å²) < 4.78 is 32.1. The number of nitrogens with one attached hydrogen (secondary N) is 1. The summed E-state index contributed by atoms with van der Waals surface area (Å²) >= 11 is 1.82.